The van der Waals surface area contributed by atoms with Gasteiger partial charge in [-0.1, -0.05) is 58.4 Å². The molecule has 1 aromatic heterocycles. The van der Waals surface area contributed by atoms with Crippen molar-refractivity contribution in [3.8, 4) is 5.75 Å². The van der Waals surface area contributed by atoms with Gasteiger partial charge in [-0.3, -0.25) is 23.7 Å². The lowest BCUT2D eigenvalue weighted by atomic mass is 9.83. The van der Waals surface area contributed by atoms with Crippen molar-refractivity contribution < 1.29 is 19.1 Å². The van der Waals surface area contributed by atoms with E-state index in [0.717, 1.165) is 30.6 Å². The molecule has 4 heterocycles. The van der Waals surface area contributed by atoms with Gasteiger partial charge >= 0.3 is 4.87 Å². The van der Waals surface area contributed by atoms with Gasteiger partial charge in [-0.15, -0.1) is 0 Å². The molecule has 3 aromatic rings. The van der Waals surface area contributed by atoms with Crippen LogP contribution < -0.4 is 14.5 Å². The van der Waals surface area contributed by atoms with Crippen molar-refractivity contribution in [3.05, 3.63) is 72.6 Å². The second-order valence-corrected chi connectivity index (χ2v) is 12.9. The van der Waals surface area contributed by atoms with Crippen molar-refractivity contribution in [2.75, 3.05) is 25.1 Å². The van der Waals surface area contributed by atoms with Crippen molar-refractivity contribution in [1.29, 1.82) is 0 Å². The Kier molecular flexibility index (Phi) is 7.45. The van der Waals surface area contributed by atoms with Gasteiger partial charge in [0.05, 0.1) is 33.8 Å². The molecule has 208 valence electrons. The van der Waals surface area contributed by atoms with Gasteiger partial charge < -0.3 is 9.64 Å². The number of thiazole rings is 1. The lowest BCUT2D eigenvalue weighted by Crippen LogP contribution is -2.39. The van der Waals surface area contributed by atoms with Crippen LogP contribution >= 0.6 is 46.3 Å². The Morgan fingerprint density at radius 1 is 1.00 bits per heavy atom. The van der Waals surface area contributed by atoms with Crippen LogP contribution in [0.15, 0.2) is 52.3 Å². The second kappa shape index (κ2) is 10.9. The van der Waals surface area contributed by atoms with E-state index in [1.165, 1.54) is 21.2 Å². The summed E-state index contributed by atoms with van der Waals surface area (Å²) in [6.07, 6.45) is 2.96. The lowest BCUT2D eigenvalue weighted by molar-refractivity contribution is -0.133. The predicted octanol–water partition coefficient (Wildman–Crippen LogP) is 5.03. The van der Waals surface area contributed by atoms with Gasteiger partial charge in [0.15, 0.2) is 0 Å². The van der Waals surface area contributed by atoms with Crippen molar-refractivity contribution in [3.63, 3.8) is 0 Å². The monoisotopic (exact) mass is 617 g/mol. The number of halogens is 2. The molecule has 2 saturated heterocycles. The highest BCUT2D eigenvalue weighted by Crippen LogP contribution is 2.55. The van der Waals surface area contributed by atoms with Crippen LogP contribution in [0.1, 0.15) is 35.6 Å². The van der Waals surface area contributed by atoms with Crippen LogP contribution in [0.5, 0.6) is 5.75 Å². The summed E-state index contributed by atoms with van der Waals surface area (Å²) < 4.78 is 6.68. The molecule has 0 saturated carbocycles. The molecule has 40 heavy (non-hydrogen) atoms. The molecule has 12 heteroatoms. The zero-order valence-corrected chi connectivity index (χ0v) is 24.6. The summed E-state index contributed by atoms with van der Waals surface area (Å²) in [5.74, 6) is -1.79. The number of imide groups is 1. The topological polar surface area (TPSA) is 88.9 Å². The summed E-state index contributed by atoms with van der Waals surface area (Å²) in [4.78, 5) is 57.7. The quantitative estimate of drug-likeness (QED) is 0.373. The number of piperidine rings is 1. The van der Waals surface area contributed by atoms with Gasteiger partial charge in [0.25, 0.3) is 0 Å². The van der Waals surface area contributed by atoms with Crippen molar-refractivity contribution in [2.24, 2.45) is 5.92 Å². The Labute approximate surface area is 248 Å². The maximum Gasteiger partial charge on any atom is 0.308 e. The molecule has 2 fully saturated rings. The van der Waals surface area contributed by atoms with E-state index in [1.54, 1.807) is 54.5 Å². The van der Waals surface area contributed by atoms with E-state index in [1.807, 2.05) is 0 Å². The van der Waals surface area contributed by atoms with Crippen molar-refractivity contribution in [2.45, 2.75) is 42.0 Å². The fourth-order valence-corrected chi connectivity index (χ4v) is 8.90. The van der Waals surface area contributed by atoms with Gasteiger partial charge in [0.1, 0.15) is 17.5 Å². The molecule has 6 rings (SSSR count). The third kappa shape index (κ3) is 4.55. The number of likely N-dealkylation sites (tertiary alicyclic amines) is 1. The summed E-state index contributed by atoms with van der Waals surface area (Å²) in [6, 6.07) is 11.9. The Bertz CT molecular complexity index is 1560. The number of carbonyl (C=O) groups excluding carboxylic acids is 3. The first-order chi connectivity index (χ1) is 19.3. The highest BCUT2D eigenvalue weighted by Gasteiger charge is 2.57. The first kappa shape index (κ1) is 27.4. The summed E-state index contributed by atoms with van der Waals surface area (Å²) in [6.45, 7) is 1.22. The Hall–Kier alpha value is -2.79. The maximum atomic E-state index is 14.0. The highest BCUT2D eigenvalue weighted by molar-refractivity contribution is 8.00. The number of hydrogen-bond donors (Lipinski definition) is 0. The van der Waals surface area contributed by atoms with E-state index >= 15 is 0 Å². The molecule has 0 spiro atoms. The molecule has 3 aliphatic rings. The van der Waals surface area contributed by atoms with E-state index in [0.29, 0.717) is 45.0 Å². The van der Waals surface area contributed by atoms with Crippen LogP contribution in [0.2, 0.25) is 10.0 Å². The molecule has 3 aliphatic heterocycles. The van der Waals surface area contributed by atoms with Gasteiger partial charge in [0, 0.05) is 23.9 Å². The zero-order chi connectivity index (χ0) is 28.1. The van der Waals surface area contributed by atoms with E-state index in [-0.39, 0.29) is 34.2 Å². The minimum atomic E-state index is -0.813. The van der Waals surface area contributed by atoms with Gasteiger partial charge in [-0.25, -0.2) is 4.90 Å². The molecular weight excluding hydrogens is 593 g/mol. The fourth-order valence-electron chi connectivity index (χ4n) is 5.72. The number of ether oxygens (including phenoxy) is 1. The normalized spacial score (nSPS) is 22.3. The molecule has 0 bridgehead atoms. The average molecular weight is 619 g/mol. The summed E-state index contributed by atoms with van der Waals surface area (Å²) in [5.41, 5.74) is 1.00. The number of aromatic nitrogens is 1. The van der Waals surface area contributed by atoms with E-state index in [9.17, 15) is 19.2 Å². The van der Waals surface area contributed by atoms with Crippen LogP contribution in [0.25, 0.3) is 0 Å². The standard InChI is InChI=1S/C28H25Cl2N3O5S2/c1-38-16-10-8-15(9-11-16)33-25(35)21-20(17-6-5-7-18(29)22(17)30)24-27(39-23(21)26(33)36)32(28(37)40-24)14-19(34)31-12-3-2-4-13-31/h5-11,20-21,23H,2-4,12-14H2,1H3. The number of anilines is 1. The molecule has 2 aromatic carbocycles. The third-order valence-corrected chi connectivity index (χ3v) is 11.1. The third-order valence-electron chi connectivity index (χ3n) is 7.70. The molecule has 3 amide bonds. The largest absolute Gasteiger partial charge is 0.497 e. The number of amides is 3. The van der Waals surface area contributed by atoms with Crippen molar-refractivity contribution in [1.82, 2.24) is 9.47 Å². The molecule has 3 atom stereocenters. The number of fused-ring (bicyclic) bond motifs is 2. The molecule has 0 N–H and O–H groups in total. The first-order valence-electron chi connectivity index (χ1n) is 12.9. The second-order valence-electron chi connectivity index (χ2n) is 9.96. The zero-order valence-electron chi connectivity index (χ0n) is 21.5. The molecule has 3 unspecified atom stereocenters. The van der Waals surface area contributed by atoms with Gasteiger partial charge in [-0.05, 0) is 55.2 Å². The maximum absolute atomic E-state index is 14.0. The number of rotatable bonds is 5. The summed E-state index contributed by atoms with van der Waals surface area (Å²) >= 11 is 15.2. The molecular formula is C28H25Cl2N3O5S2. The van der Waals surface area contributed by atoms with E-state index in [2.05, 4.69) is 0 Å². The van der Waals surface area contributed by atoms with E-state index in [4.69, 9.17) is 27.9 Å². The number of benzene rings is 2. The lowest BCUT2D eigenvalue weighted by Gasteiger charge is -2.31. The minimum Gasteiger partial charge on any atom is -0.497 e. The van der Waals surface area contributed by atoms with E-state index < -0.39 is 17.1 Å². The number of methoxy groups -OCH3 is 1. The molecule has 0 radical (unpaired) electrons. The Morgan fingerprint density at radius 3 is 2.42 bits per heavy atom. The number of carbonyl (C=O) groups is 3. The molecule has 0 aliphatic carbocycles. The Morgan fingerprint density at radius 2 is 1.73 bits per heavy atom. The summed E-state index contributed by atoms with van der Waals surface area (Å²) in [7, 11) is 1.54. The van der Waals surface area contributed by atoms with Crippen LogP contribution in [-0.2, 0) is 20.9 Å². The number of thioether (sulfide) groups is 1. The minimum absolute atomic E-state index is 0.116. The average Bonchev–Trinajstić information content (AvgIpc) is 3.41. The van der Waals surface area contributed by atoms with Crippen molar-refractivity contribution >= 4 is 69.7 Å². The van der Waals surface area contributed by atoms with Crippen LogP contribution in [0, 0.1) is 5.92 Å². The Balaban J connectivity index is 1.45. The van der Waals surface area contributed by atoms with Gasteiger partial charge in [-0.2, -0.15) is 0 Å². The van der Waals surface area contributed by atoms with Crippen LogP contribution in [-0.4, -0.2) is 52.6 Å². The fraction of sp³-hybridized carbons (Fsp3) is 0.357. The van der Waals surface area contributed by atoms with Gasteiger partial charge in [0.2, 0.25) is 17.7 Å². The first-order valence-corrected chi connectivity index (χ1v) is 15.4. The smallest absolute Gasteiger partial charge is 0.308 e. The van der Waals surface area contributed by atoms with Crippen LogP contribution in [0.3, 0.4) is 0 Å². The predicted molar refractivity (Wildman–Crippen MR) is 156 cm³/mol. The summed E-state index contributed by atoms with van der Waals surface area (Å²) in [5, 5.41) is 0.296. The molecule has 8 nitrogen and oxygen atoms in total. The number of nitrogens with zero attached hydrogens (tertiary/aromatic N) is 3. The SMILES string of the molecule is COc1ccc(N2C(=O)C3Sc4c(sc(=O)n4CC(=O)N4CCCCC4)C(c4cccc(Cl)c4Cl)C3C2=O)cc1. The van der Waals surface area contributed by atoms with Crippen LogP contribution in [0.4, 0.5) is 5.69 Å². The highest BCUT2D eigenvalue weighted by atomic mass is 35.5. The number of hydrogen-bond acceptors (Lipinski definition) is 7.